The molecule has 0 radical (unpaired) electrons. The van der Waals surface area contributed by atoms with Gasteiger partial charge < -0.3 is 9.73 Å². The Hall–Kier alpha value is -1.25. The number of benzene rings is 1. The highest BCUT2D eigenvalue weighted by molar-refractivity contribution is 6.34. The molecule has 18 heavy (non-hydrogen) atoms. The average molecular weight is 264 g/mol. The highest BCUT2D eigenvalue weighted by Crippen LogP contribution is 2.27. The number of rotatable bonds is 6. The van der Waals surface area contributed by atoms with Crippen LogP contribution in [-0.2, 0) is 0 Å². The molecule has 1 aromatic heterocycles. The van der Waals surface area contributed by atoms with Gasteiger partial charge in [-0.05, 0) is 44.1 Å². The molecule has 0 aliphatic rings. The van der Waals surface area contributed by atoms with Crippen molar-refractivity contribution in [2.45, 2.75) is 19.8 Å². The molecule has 2 aromatic rings. The van der Waals surface area contributed by atoms with Crippen molar-refractivity contribution >= 4 is 28.6 Å². The van der Waals surface area contributed by atoms with Gasteiger partial charge in [0.25, 0.3) is 0 Å². The fourth-order valence-corrected chi connectivity index (χ4v) is 2.04. The lowest BCUT2D eigenvalue weighted by Crippen LogP contribution is -2.14. The van der Waals surface area contributed by atoms with Crippen LogP contribution in [-0.4, -0.2) is 13.1 Å². The van der Waals surface area contributed by atoms with Crippen molar-refractivity contribution in [1.29, 1.82) is 0 Å². The lowest BCUT2D eigenvalue weighted by Gasteiger charge is -1.97. The molecule has 3 heteroatoms. The summed E-state index contributed by atoms with van der Waals surface area (Å²) in [6, 6.07) is 7.79. The second kappa shape index (κ2) is 6.62. The minimum absolute atomic E-state index is 0.664. The molecule has 0 aliphatic carbocycles. The predicted molar refractivity (Wildman–Crippen MR) is 78.0 cm³/mol. The lowest BCUT2D eigenvalue weighted by atomic mass is 10.2. The third-order valence-corrected chi connectivity index (χ3v) is 3.01. The summed E-state index contributed by atoms with van der Waals surface area (Å²) >= 11 is 6.06. The lowest BCUT2D eigenvalue weighted by molar-refractivity contribution is 0.604. The fourth-order valence-electron chi connectivity index (χ4n) is 1.82. The Morgan fingerprint density at radius 2 is 2.22 bits per heavy atom. The first kappa shape index (κ1) is 13.2. The zero-order valence-electron chi connectivity index (χ0n) is 10.6. The van der Waals surface area contributed by atoms with Crippen molar-refractivity contribution in [2.75, 3.05) is 13.1 Å². The van der Waals surface area contributed by atoms with E-state index in [4.69, 9.17) is 16.0 Å². The molecule has 1 N–H and O–H groups in total. The summed E-state index contributed by atoms with van der Waals surface area (Å²) in [6.07, 6.45) is 6.30. The Labute approximate surface area is 113 Å². The molecular formula is C15H18ClNO. The molecule has 2 rings (SSSR count). The van der Waals surface area contributed by atoms with E-state index in [-0.39, 0.29) is 0 Å². The van der Waals surface area contributed by atoms with Crippen LogP contribution < -0.4 is 5.32 Å². The second-order valence-electron chi connectivity index (χ2n) is 4.25. The van der Waals surface area contributed by atoms with Gasteiger partial charge in [-0.15, -0.1) is 0 Å². The van der Waals surface area contributed by atoms with Gasteiger partial charge in [0.2, 0.25) is 0 Å². The van der Waals surface area contributed by atoms with Crippen molar-refractivity contribution < 1.29 is 4.42 Å². The van der Waals surface area contributed by atoms with Gasteiger partial charge in [0, 0.05) is 5.39 Å². The van der Waals surface area contributed by atoms with Crippen molar-refractivity contribution in [3.05, 3.63) is 41.1 Å². The molecule has 0 spiro atoms. The first-order chi connectivity index (χ1) is 8.81. The Kier molecular flexibility index (Phi) is 4.85. The van der Waals surface area contributed by atoms with E-state index in [1.54, 1.807) is 0 Å². The highest BCUT2D eigenvalue weighted by atomic mass is 35.5. The SMILES string of the molecule is CCCNCC/C=C/c1cc2cccc(Cl)c2o1. The first-order valence-corrected chi connectivity index (χ1v) is 6.74. The number of hydrogen-bond donors (Lipinski definition) is 1. The van der Waals surface area contributed by atoms with E-state index in [1.807, 2.05) is 30.3 Å². The van der Waals surface area contributed by atoms with Gasteiger partial charge in [0.05, 0.1) is 5.02 Å². The van der Waals surface area contributed by atoms with Crippen LogP contribution in [0.3, 0.4) is 0 Å². The number of fused-ring (bicyclic) bond motifs is 1. The van der Waals surface area contributed by atoms with Gasteiger partial charge in [-0.25, -0.2) is 0 Å². The van der Waals surface area contributed by atoms with E-state index in [1.165, 1.54) is 6.42 Å². The average Bonchev–Trinajstić information content (AvgIpc) is 2.78. The quantitative estimate of drug-likeness (QED) is 0.777. The Morgan fingerprint density at radius 1 is 1.33 bits per heavy atom. The zero-order chi connectivity index (χ0) is 12.8. The topological polar surface area (TPSA) is 25.2 Å². The largest absolute Gasteiger partial charge is 0.455 e. The van der Waals surface area contributed by atoms with Crippen LogP contribution in [0.15, 0.2) is 34.8 Å². The molecule has 0 bridgehead atoms. The second-order valence-corrected chi connectivity index (χ2v) is 4.66. The first-order valence-electron chi connectivity index (χ1n) is 6.36. The number of furan rings is 1. The summed E-state index contributed by atoms with van der Waals surface area (Å²) in [5, 5.41) is 5.07. The van der Waals surface area contributed by atoms with Gasteiger partial charge in [-0.2, -0.15) is 0 Å². The van der Waals surface area contributed by atoms with Gasteiger partial charge in [0.1, 0.15) is 5.76 Å². The van der Waals surface area contributed by atoms with Crippen LogP contribution >= 0.6 is 11.6 Å². The van der Waals surface area contributed by atoms with Crippen LogP contribution in [0, 0.1) is 0 Å². The highest BCUT2D eigenvalue weighted by Gasteiger charge is 2.03. The van der Waals surface area contributed by atoms with Crippen molar-refractivity contribution in [3.8, 4) is 0 Å². The Morgan fingerprint density at radius 3 is 3.00 bits per heavy atom. The van der Waals surface area contributed by atoms with E-state index < -0.39 is 0 Å². The predicted octanol–water partition coefficient (Wildman–Crippen LogP) is 4.49. The normalized spacial score (nSPS) is 11.7. The van der Waals surface area contributed by atoms with E-state index in [0.29, 0.717) is 5.02 Å². The summed E-state index contributed by atoms with van der Waals surface area (Å²) in [4.78, 5) is 0. The van der Waals surface area contributed by atoms with Crippen molar-refractivity contribution in [3.63, 3.8) is 0 Å². The molecular weight excluding hydrogens is 246 g/mol. The molecule has 0 aliphatic heterocycles. The summed E-state index contributed by atoms with van der Waals surface area (Å²) in [5.74, 6) is 0.855. The number of para-hydroxylation sites is 1. The van der Waals surface area contributed by atoms with Gasteiger partial charge in [-0.1, -0.05) is 36.7 Å². The summed E-state index contributed by atoms with van der Waals surface area (Å²) in [6.45, 7) is 4.25. The Bertz CT molecular complexity index is 530. The molecule has 96 valence electrons. The summed E-state index contributed by atoms with van der Waals surface area (Å²) in [7, 11) is 0. The van der Waals surface area contributed by atoms with Crippen molar-refractivity contribution in [2.24, 2.45) is 0 Å². The standard InChI is InChI=1S/C15H18ClNO/c1-2-9-17-10-4-3-7-13-11-12-6-5-8-14(16)15(12)18-13/h3,5-8,11,17H,2,4,9-10H2,1H3/b7-3+. The Balaban J connectivity index is 1.95. The van der Waals surface area contributed by atoms with Gasteiger partial charge in [-0.3, -0.25) is 0 Å². The molecule has 1 heterocycles. The zero-order valence-corrected chi connectivity index (χ0v) is 11.3. The van der Waals surface area contributed by atoms with Crippen LogP contribution in [0.2, 0.25) is 5.02 Å². The number of hydrogen-bond acceptors (Lipinski definition) is 2. The van der Waals surface area contributed by atoms with Crippen LogP contribution in [0.1, 0.15) is 25.5 Å². The van der Waals surface area contributed by atoms with E-state index in [0.717, 1.165) is 36.2 Å². The minimum Gasteiger partial charge on any atom is -0.455 e. The maximum Gasteiger partial charge on any atom is 0.153 e. The number of nitrogens with one attached hydrogen (secondary N) is 1. The molecule has 0 unspecified atom stereocenters. The van der Waals surface area contributed by atoms with E-state index >= 15 is 0 Å². The third-order valence-electron chi connectivity index (χ3n) is 2.71. The molecule has 1 aromatic carbocycles. The molecule has 0 saturated heterocycles. The maximum atomic E-state index is 6.06. The van der Waals surface area contributed by atoms with E-state index in [2.05, 4.69) is 18.3 Å². The summed E-state index contributed by atoms with van der Waals surface area (Å²) < 4.78 is 5.69. The van der Waals surface area contributed by atoms with E-state index in [9.17, 15) is 0 Å². The monoisotopic (exact) mass is 263 g/mol. The van der Waals surface area contributed by atoms with Crippen LogP contribution in [0.4, 0.5) is 0 Å². The van der Waals surface area contributed by atoms with Crippen LogP contribution in [0.5, 0.6) is 0 Å². The molecule has 0 fully saturated rings. The number of halogens is 1. The smallest absolute Gasteiger partial charge is 0.153 e. The maximum absolute atomic E-state index is 6.06. The molecule has 0 atom stereocenters. The molecule has 2 nitrogen and oxygen atoms in total. The van der Waals surface area contributed by atoms with Crippen molar-refractivity contribution in [1.82, 2.24) is 5.32 Å². The van der Waals surface area contributed by atoms with Gasteiger partial charge >= 0.3 is 0 Å². The fraction of sp³-hybridized carbons (Fsp3) is 0.333. The minimum atomic E-state index is 0.664. The summed E-state index contributed by atoms with van der Waals surface area (Å²) in [5.41, 5.74) is 0.767. The van der Waals surface area contributed by atoms with Gasteiger partial charge in [0.15, 0.2) is 5.58 Å². The van der Waals surface area contributed by atoms with Crippen LogP contribution in [0.25, 0.3) is 17.0 Å². The molecule has 0 saturated carbocycles. The third kappa shape index (κ3) is 3.37. The molecule has 0 amide bonds.